The minimum absolute atomic E-state index is 0.0498. The number of terminal acetylenes is 1. The second-order valence-corrected chi connectivity index (χ2v) is 4.74. The normalized spacial score (nSPS) is 12.2. The molecule has 0 aliphatic rings. The second-order valence-electron chi connectivity index (χ2n) is 3.63. The molecule has 15 heavy (non-hydrogen) atoms. The van der Waals surface area contributed by atoms with Crippen LogP contribution in [-0.4, -0.2) is 30.5 Å². The van der Waals surface area contributed by atoms with Crippen LogP contribution in [0.1, 0.15) is 13.8 Å². The predicted octanol–water partition coefficient (Wildman–Crippen LogP) is 0.700. The fourth-order valence-corrected chi connectivity index (χ4v) is 1.70. The smallest absolute Gasteiger partial charge is 0.224 e. The van der Waals surface area contributed by atoms with Crippen LogP contribution in [0.4, 0.5) is 0 Å². The Hall–Kier alpha value is -0.660. The van der Waals surface area contributed by atoms with Gasteiger partial charge in [-0.1, -0.05) is 19.8 Å². The number of carbonyl (C=O) groups is 1. The maximum absolute atomic E-state index is 11.6. The Kier molecular flexibility index (Phi) is 8.25. The van der Waals surface area contributed by atoms with E-state index in [0.29, 0.717) is 18.8 Å². The van der Waals surface area contributed by atoms with E-state index >= 15 is 0 Å². The Morgan fingerprint density at radius 2 is 2.27 bits per heavy atom. The van der Waals surface area contributed by atoms with Crippen molar-refractivity contribution in [1.29, 1.82) is 0 Å². The lowest BCUT2D eigenvalue weighted by molar-refractivity contribution is -0.125. The number of carbonyl (C=O) groups excluding carboxylic acids is 1. The minimum atomic E-state index is -0.0809. The first-order valence-corrected chi connectivity index (χ1v) is 6.28. The van der Waals surface area contributed by atoms with Crippen molar-refractivity contribution in [3.63, 3.8) is 0 Å². The zero-order chi connectivity index (χ0) is 11.7. The molecule has 0 fully saturated rings. The number of hydrogen-bond acceptors (Lipinski definition) is 3. The Bertz CT molecular complexity index is 223. The van der Waals surface area contributed by atoms with Crippen molar-refractivity contribution >= 4 is 17.7 Å². The fraction of sp³-hybridized carbons (Fsp3) is 0.727. The highest BCUT2D eigenvalue weighted by Gasteiger charge is 2.19. The van der Waals surface area contributed by atoms with E-state index < -0.39 is 0 Å². The summed E-state index contributed by atoms with van der Waals surface area (Å²) in [5.41, 5.74) is 5.53. The summed E-state index contributed by atoms with van der Waals surface area (Å²) in [5, 5.41) is 2.87. The van der Waals surface area contributed by atoms with Crippen LogP contribution < -0.4 is 11.1 Å². The summed E-state index contributed by atoms with van der Waals surface area (Å²) in [6.07, 6.45) is 5.11. The van der Waals surface area contributed by atoms with Gasteiger partial charge in [-0.05, 0) is 5.92 Å². The number of nitrogens with one attached hydrogen (secondary N) is 1. The van der Waals surface area contributed by atoms with E-state index in [1.54, 1.807) is 11.8 Å². The van der Waals surface area contributed by atoms with Gasteiger partial charge in [-0.3, -0.25) is 4.79 Å². The van der Waals surface area contributed by atoms with Crippen molar-refractivity contribution in [3.05, 3.63) is 0 Å². The third-order valence-corrected chi connectivity index (χ3v) is 2.99. The van der Waals surface area contributed by atoms with E-state index in [-0.39, 0.29) is 17.7 Å². The summed E-state index contributed by atoms with van der Waals surface area (Å²) in [6.45, 7) is 5.07. The molecule has 0 spiro atoms. The molecule has 0 aromatic rings. The van der Waals surface area contributed by atoms with Gasteiger partial charge in [0.2, 0.25) is 5.91 Å². The summed E-state index contributed by atoms with van der Waals surface area (Å²) >= 11 is 1.64. The summed E-state index contributed by atoms with van der Waals surface area (Å²) < 4.78 is 0. The Balaban J connectivity index is 3.68. The van der Waals surface area contributed by atoms with Crippen LogP contribution in [0.2, 0.25) is 0 Å². The van der Waals surface area contributed by atoms with E-state index in [1.165, 1.54) is 0 Å². The van der Waals surface area contributed by atoms with Crippen molar-refractivity contribution in [2.24, 2.45) is 17.6 Å². The van der Waals surface area contributed by atoms with Crippen molar-refractivity contribution in [2.75, 3.05) is 24.6 Å². The Morgan fingerprint density at radius 3 is 2.73 bits per heavy atom. The van der Waals surface area contributed by atoms with Gasteiger partial charge >= 0.3 is 0 Å². The minimum Gasteiger partial charge on any atom is -0.355 e. The quantitative estimate of drug-likeness (QED) is 0.498. The third kappa shape index (κ3) is 6.43. The molecule has 0 radical (unpaired) electrons. The van der Waals surface area contributed by atoms with E-state index in [0.717, 1.165) is 5.75 Å². The lowest BCUT2D eigenvalue weighted by Crippen LogP contribution is -2.38. The van der Waals surface area contributed by atoms with E-state index in [4.69, 9.17) is 12.2 Å². The third-order valence-electron chi connectivity index (χ3n) is 2.13. The van der Waals surface area contributed by atoms with Crippen LogP contribution in [0.3, 0.4) is 0 Å². The molecule has 4 heteroatoms. The number of amides is 1. The summed E-state index contributed by atoms with van der Waals surface area (Å²) in [7, 11) is 0. The van der Waals surface area contributed by atoms with E-state index in [1.807, 2.05) is 13.8 Å². The van der Waals surface area contributed by atoms with Crippen LogP contribution in [0, 0.1) is 24.2 Å². The van der Waals surface area contributed by atoms with Gasteiger partial charge in [0.05, 0.1) is 11.7 Å². The first kappa shape index (κ1) is 14.3. The average molecular weight is 228 g/mol. The summed E-state index contributed by atoms with van der Waals surface area (Å²) in [6, 6.07) is 0. The largest absolute Gasteiger partial charge is 0.355 e. The molecule has 0 aliphatic carbocycles. The molecular weight excluding hydrogens is 208 g/mol. The maximum atomic E-state index is 11.6. The van der Waals surface area contributed by atoms with Crippen molar-refractivity contribution in [3.8, 4) is 12.3 Å². The first-order valence-electron chi connectivity index (χ1n) is 5.12. The zero-order valence-corrected chi connectivity index (χ0v) is 10.3. The van der Waals surface area contributed by atoms with E-state index in [9.17, 15) is 4.79 Å². The second kappa shape index (κ2) is 8.63. The summed E-state index contributed by atoms with van der Waals surface area (Å²) in [5.74, 6) is 4.34. The molecule has 3 N–H and O–H groups in total. The molecule has 0 saturated carbocycles. The highest BCUT2D eigenvalue weighted by Crippen LogP contribution is 2.08. The molecule has 0 rings (SSSR count). The van der Waals surface area contributed by atoms with Gasteiger partial charge in [-0.15, -0.1) is 18.2 Å². The van der Waals surface area contributed by atoms with Crippen molar-refractivity contribution in [1.82, 2.24) is 5.32 Å². The molecule has 3 nitrogen and oxygen atoms in total. The number of nitrogens with two attached hydrogens (primary N) is 1. The van der Waals surface area contributed by atoms with E-state index in [2.05, 4.69) is 11.2 Å². The fourth-order valence-electron chi connectivity index (χ4n) is 1.19. The molecule has 1 unspecified atom stereocenters. The Morgan fingerprint density at radius 1 is 1.60 bits per heavy atom. The van der Waals surface area contributed by atoms with Crippen molar-refractivity contribution in [2.45, 2.75) is 13.8 Å². The van der Waals surface area contributed by atoms with Gasteiger partial charge in [-0.2, -0.15) is 0 Å². The Labute approximate surface area is 96.6 Å². The molecule has 0 aromatic heterocycles. The highest BCUT2D eigenvalue weighted by molar-refractivity contribution is 7.99. The average Bonchev–Trinajstić information content (AvgIpc) is 2.18. The number of rotatable bonds is 7. The van der Waals surface area contributed by atoms with Crippen LogP contribution in [-0.2, 0) is 4.79 Å². The first-order chi connectivity index (χ1) is 7.13. The molecule has 0 bridgehead atoms. The van der Waals surface area contributed by atoms with Gasteiger partial charge in [-0.25, -0.2) is 0 Å². The monoisotopic (exact) mass is 228 g/mol. The zero-order valence-electron chi connectivity index (χ0n) is 9.45. The highest BCUT2D eigenvalue weighted by atomic mass is 32.2. The van der Waals surface area contributed by atoms with Crippen LogP contribution in [0.15, 0.2) is 0 Å². The predicted molar refractivity (Wildman–Crippen MR) is 66.6 cm³/mol. The molecule has 0 aromatic carbocycles. The van der Waals surface area contributed by atoms with Gasteiger partial charge in [0, 0.05) is 18.8 Å². The lowest BCUT2D eigenvalue weighted by atomic mass is 9.95. The SMILES string of the molecule is C#CCSCCNC(=O)C(CN)C(C)C. The molecule has 0 aliphatic heterocycles. The molecule has 0 saturated heterocycles. The molecule has 1 amide bonds. The maximum Gasteiger partial charge on any atom is 0.224 e. The summed E-state index contributed by atoms with van der Waals surface area (Å²) in [4.78, 5) is 11.6. The molecular formula is C11H20N2OS. The standard InChI is InChI=1S/C11H20N2OS/c1-4-6-15-7-5-13-11(14)10(8-12)9(2)3/h1,9-10H,5-8,12H2,2-3H3,(H,13,14). The molecule has 1 atom stereocenters. The van der Waals surface area contributed by atoms with Gasteiger partial charge in [0.1, 0.15) is 0 Å². The number of thioether (sulfide) groups is 1. The molecule has 86 valence electrons. The van der Waals surface area contributed by atoms with Crippen LogP contribution in [0.5, 0.6) is 0 Å². The van der Waals surface area contributed by atoms with Crippen molar-refractivity contribution < 1.29 is 4.79 Å². The molecule has 0 heterocycles. The van der Waals surface area contributed by atoms with Gasteiger partial charge in [0.15, 0.2) is 0 Å². The van der Waals surface area contributed by atoms with Crippen LogP contribution >= 0.6 is 11.8 Å². The number of hydrogen-bond donors (Lipinski definition) is 2. The lowest BCUT2D eigenvalue weighted by Gasteiger charge is -2.17. The van der Waals surface area contributed by atoms with Crippen LogP contribution in [0.25, 0.3) is 0 Å². The van der Waals surface area contributed by atoms with Gasteiger partial charge < -0.3 is 11.1 Å². The van der Waals surface area contributed by atoms with Gasteiger partial charge in [0.25, 0.3) is 0 Å². The topological polar surface area (TPSA) is 55.1 Å².